The van der Waals surface area contributed by atoms with E-state index >= 15 is 0 Å². The maximum Gasteiger partial charge on any atom is 0.281 e. The highest BCUT2D eigenvalue weighted by Gasteiger charge is 2.05. The molecule has 100 valence electrons. The Morgan fingerprint density at radius 1 is 1.05 bits per heavy atom. The summed E-state index contributed by atoms with van der Waals surface area (Å²) >= 11 is 0. The van der Waals surface area contributed by atoms with Crippen LogP contribution in [0.5, 0.6) is 0 Å². The number of aromatic nitrogens is 4. The van der Waals surface area contributed by atoms with Crippen LogP contribution in [0.25, 0.3) is 11.2 Å². The average molecular weight is 270 g/mol. The molecule has 0 radical (unpaired) electrons. The molecule has 20 heavy (non-hydrogen) atoms. The van der Waals surface area contributed by atoms with E-state index in [4.69, 9.17) is 0 Å². The third kappa shape index (κ3) is 2.40. The number of fused-ring (bicyclic) bond motifs is 1. The number of hydrogen-bond acceptors (Lipinski definition) is 4. The molecule has 0 spiro atoms. The van der Waals surface area contributed by atoms with E-state index in [1.54, 1.807) is 12.1 Å². The smallest absolute Gasteiger partial charge is 0.281 e. The van der Waals surface area contributed by atoms with Crippen molar-refractivity contribution in [2.45, 2.75) is 13.0 Å². The zero-order valence-corrected chi connectivity index (χ0v) is 10.5. The number of nitrogens with zero attached hydrogens (tertiary/aromatic N) is 4. The van der Waals surface area contributed by atoms with E-state index in [1.165, 1.54) is 35.4 Å². The highest BCUT2D eigenvalue weighted by atomic mass is 19.1. The Kier molecular flexibility index (Phi) is 3.20. The minimum atomic E-state index is -0.270. The molecule has 0 unspecified atom stereocenters. The van der Waals surface area contributed by atoms with Crippen LogP contribution in [0.2, 0.25) is 0 Å². The van der Waals surface area contributed by atoms with E-state index in [0.717, 1.165) is 5.56 Å². The fourth-order valence-electron chi connectivity index (χ4n) is 1.95. The van der Waals surface area contributed by atoms with Gasteiger partial charge in [-0.15, -0.1) is 0 Å². The van der Waals surface area contributed by atoms with Crippen LogP contribution in [0.1, 0.15) is 5.56 Å². The van der Waals surface area contributed by atoms with Crippen molar-refractivity contribution in [1.82, 2.24) is 19.5 Å². The molecule has 0 bridgehead atoms. The maximum atomic E-state index is 12.8. The number of halogens is 1. The van der Waals surface area contributed by atoms with Gasteiger partial charge in [-0.05, 0) is 24.1 Å². The Balaban J connectivity index is 1.86. The molecule has 3 rings (SSSR count). The summed E-state index contributed by atoms with van der Waals surface area (Å²) in [4.78, 5) is 24.2. The standard InChI is InChI=1S/C14H11FN4O/c15-11-3-1-10(2-4-11)5-8-19-9-18-13-12(14(19)20)16-6-7-17-13/h1-4,6-7,9H,5,8H2. The van der Waals surface area contributed by atoms with Gasteiger partial charge in [0.1, 0.15) is 12.1 Å². The fourth-order valence-corrected chi connectivity index (χ4v) is 1.95. The monoisotopic (exact) mass is 270 g/mol. The Hall–Kier alpha value is -2.63. The van der Waals surface area contributed by atoms with Crippen LogP contribution in [-0.2, 0) is 13.0 Å². The lowest BCUT2D eigenvalue weighted by Crippen LogP contribution is -2.22. The molecule has 0 aliphatic carbocycles. The van der Waals surface area contributed by atoms with E-state index in [-0.39, 0.29) is 16.9 Å². The van der Waals surface area contributed by atoms with E-state index < -0.39 is 0 Å². The van der Waals surface area contributed by atoms with E-state index in [9.17, 15) is 9.18 Å². The van der Waals surface area contributed by atoms with Crippen molar-refractivity contribution >= 4 is 11.2 Å². The first-order chi connectivity index (χ1) is 9.74. The number of rotatable bonds is 3. The van der Waals surface area contributed by atoms with Crippen molar-refractivity contribution in [1.29, 1.82) is 0 Å². The van der Waals surface area contributed by atoms with Crippen molar-refractivity contribution < 1.29 is 4.39 Å². The summed E-state index contributed by atoms with van der Waals surface area (Å²) in [7, 11) is 0. The predicted molar refractivity (Wildman–Crippen MR) is 71.7 cm³/mol. The molecule has 0 atom stereocenters. The van der Waals surface area contributed by atoms with Crippen molar-refractivity contribution in [3.63, 3.8) is 0 Å². The quantitative estimate of drug-likeness (QED) is 0.724. The summed E-state index contributed by atoms with van der Waals surface area (Å²) in [5, 5.41) is 0. The Morgan fingerprint density at radius 3 is 2.60 bits per heavy atom. The van der Waals surface area contributed by atoms with Gasteiger partial charge in [-0.25, -0.2) is 19.3 Å². The third-order valence-corrected chi connectivity index (χ3v) is 3.02. The van der Waals surface area contributed by atoms with E-state index in [2.05, 4.69) is 15.0 Å². The molecule has 0 saturated heterocycles. The number of aryl methyl sites for hydroxylation is 2. The normalized spacial score (nSPS) is 10.8. The molecule has 2 aromatic heterocycles. The van der Waals surface area contributed by atoms with Gasteiger partial charge in [0.25, 0.3) is 5.56 Å². The molecule has 0 aliphatic rings. The summed E-state index contributed by atoms with van der Waals surface area (Å²) in [6.45, 7) is 0.462. The van der Waals surface area contributed by atoms with E-state index in [0.29, 0.717) is 18.6 Å². The zero-order valence-electron chi connectivity index (χ0n) is 10.5. The lowest BCUT2D eigenvalue weighted by molar-refractivity contribution is 0.624. The van der Waals surface area contributed by atoms with Crippen LogP contribution in [-0.4, -0.2) is 19.5 Å². The fraction of sp³-hybridized carbons (Fsp3) is 0.143. The summed E-state index contributed by atoms with van der Waals surface area (Å²) in [6, 6.07) is 6.22. The molecule has 0 aliphatic heterocycles. The van der Waals surface area contributed by atoms with Gasteiger partial charge in [0, 0.05) is 18.9 Å². The third-order valence-electron chi connectivity index (χ3n) is 3.02. The molecule has 1 aromatic carbocycles. The van der Waals surface area contributed by atoms with Gasteiger partial charge in [-0.3, -0.25) is 9.36 Å². The molecule has 0 fully saturated rings. The lowest BCUT2D eigenvalue weighted by atomic mass is 10.1. The Labute approximate surface area is 113 Å². The van der Waals surface area contributed by atoms with Crippen molar-refractivity contribution in [2.24, 2.45) is 0 Å². The SMILES string of the molecule is O=c1c2nccnc2ncn1CCc1ccc(F)cc1. The second kappa shape index (κ2) is 5.16. The van der Waals surface area contributed by atoms with E-state index in [1.807, 2.05) is 0 Å². The van der Waals surface area contributed by atoms with Gasteiger partial charge in [0.2, 0.25) is 0 Å². The lowest BCUT2D eigenvalue weighted by Gasteiger charge is -2.05. The first-order valence-corrected chi connectivity index (χ1v) is 6.14. The minimum absolute atomic E-state index is 0.217. The highest BCUT2D eigenvalue weighted by Crippen LogP contribution is 2.05. The summed E-state index contributed by atoms with van der Waals surface area (Å²) in [5.41, 5.74) is 1.34. The highest BCUT2D eigenvalue weighted by molar-refractivity contribution is 5.66. The van der Waals surface area contributed by atoms with Crippen molar-refractivity contribution in [2.75, 3.05) is 0 Å². The van der Waals surface area contributed by atoms with Crippen LogP contribution < -0.4 is 5.56 Å². The average Bonchev–Trinajstić information content (AvgIpc) is 2.49. The topological polar surface area (TPSA) is 60.7 Å². The van der Waals surface area contributed by atoms with Gasteiger partial charge >= 0.3 is 0 Å². The van der Waals surface area contributed by atoms with Crippen LogP contribution in [0.15, 0.2) is 47.8 Å². The number of hydrogen-bond donors (Lipinski definition) is 0. The molecule has 5 nitrogen and oxygen atoms in total. The van der Waals surface area contributed by atoms with Crippen molar-refractivity contribution in [3.8, 4) is 0 Å². The maximum absolute atomic E-state index is 12.8. The Bertz CT molecular complexity index is 798. The van der Waals surface area contributed by atoms with Gasteiger partial charge < -0.3 is 0 Å². The Morgan fingerprint density at radius 2 is 1.80 bits per heavy atom. The first kappa shape index (κ1) is 12.4. The minimum Gasteiger partial charge on any atom is -0.297 e. The largest absolute Gasteiger partial charge is 0.297 e. The second-order valence-corrected chi connectivity index (χ2v) is 4.35. The van der Waals surface area contributed by atoms with Gasteiger partial charge in [0.15, 0.2) is 11.2 Å². The zero-order chi connectivity index (χ0) is 13.9. The van der Waals surface area contributed by atoms with Gasteiger partial charge in [0.05, 0.1) is 0 Å². The summed E-state index contributed by atoms with van der Waals surface area (Å²) in [5.74, 6) is -0.270. The molecule has 2 heterocycles. The predicted octanol–water partition coefficient (Wildman–Crippen LogP) is 1.57. The van der Waals surface area contributed by atoms with Crippen LogP contribution in [0.4, 0.5) is 4.39 Å². The summed E-state index contributed by atoms with van der Waals surface area (Å²) < 4.78 is 14.3. The van der Waals surface area contributed by atoms with Crippen molar-refractivity contribution in [3.05, 3.63) is 64.7 Å². The first-order valence-electron chi connectivity index (χ1n) is 6.14. The van der Waals surface area contributed by atoms with Gasteiger partial charge in [-0.2, -0.15) is 0 Å². The van der Waals surface area contributed by atoms with Crippen LogP contribution >= 0.6 is 0 Å². The molecular formula is C14H11FN4O. The molecular weight excluding hydrogens is 259 g/mol. The van der Waals surface area contributed by atoms with Gasteiger partial charge in [-0.1, -0.05) is 12.1 Å². The van der Waals surface area contributed by atoms with Crippen LogP contribution in [0.3, 0.4) is 0 Å². The molecule has 0 saturated carbocycles. The summed E-state index contributed by atoms with van der Waals surface area (Å²) in [6.07, 6.45) is 5.05. The molecule has 6 heteroatoms. The molecule has 3 aromatic rings. The second-order valence-electron chi connectivity index (χ2n) is 4.35. The molecule has 0 amide bonds. The number of benzene rings is 1. The molecule has 0 N–H and O–H groups in total. The van der Waals surface area contributed by atoms with Crippen LogP contribution in [0, 0.1) is 5.82 Å².